The maximum atomic E-state index is 12.5. The van der Waals surface area contributed by atoms with Crippen LogP contribution in [0.2, 0.25) is 0 Å². The van der Waals surface area contributed by atoms with E-state index in [0.29, 0.717) is 11.4 Å². The van der Waals surface area contributed by atoms with Gasteiger partial charge < -0.3 is 0 Å². The van der Waals surface area contributed by atoms with Crippen molar-refractivity contribution in [1.29, 1.82) is 0 Å². The molecule has 0 amide bonds. The Morgan fingerprint density at radius 3 is 1.78 bits per heavy atom. The SMILES string of the molecule is CC(C)(C)c1cc(-c2cccc3c2nc(-c2cc(C(C)(C)C)cc(C(C)(C)C)c2O)n3-c2ccc(C(C)(C)C)cc2-c2ccccc2)[c-]c(-c2ncnc3c(C(C)(C)C)c[se]c23)c1.[Pt]. The molecule has 0 spiro atoms. The van der Waals surface area contributed by atoms with E-state index in [1.807, 2.05) is 0 Å². The van der Waals surface area contributed by atoms with Gasteiger partial charge in [-0.2, -0.15) is 0 Å². The van der Waals surface area contributed by atoms with Crippen molar-refractivity contribution in [2.24, 2.45) is 0 Å². The fourth-order valence-electron chi connectivity index (χ4n) is 8.45. The molecule has 0 aliphatic heterocycles. The van der Waals surface area contributed by atoms with E-state index in [9.17, 15) is 5.11 Å². The quantitative estimate of drug-likeness (QED) is 0.138. The third-order valence-electron chi connectivity index (χ3n) is 12.3. The molecule has 0 atom stereocenters. The Bertz CT molecular complexity index is 3030. The summed E-state index contributed by atoms with van der Waals surface area (Å²) in [7, 11) is 0. The molecule has 0 aliphatic rings. The van der Waals surface area contributed by atoms with Crippen LogP contribution in [0.1, 0.15) is 132 Å². The average molecular weight is 1090 g/mol. The zero-order valence-corrected chi connectivity index (χ0v) is 44.3. The molecule has 1 N–H and O–H groups in total. The van der Waals surface area contributed by atoms with Gasteiger partial charge in [-0.1, -0.05) is 98.7 Å². The summed E-state index contributed by atoms with van der Waals surface area (Å²) in [4.78, 5) is 17.9. The first-order valence-corrected chi connectivity index (χ1v) is 24.1. The Morgan fingerprint density at radius 2 is 1.16 bits per heavy atom. The molecule has 3 heterocycles. The number of benzene rings is 5. The molecule has 5 nitrogen and oxygen atoms in total. The van der Waals surface area contributed by atoms with Crippen LogP contribution in [0.3, 0.4) is 0 Å². The Morgan fingerprint density at radius 1 is 0.547 bits per heavy atom. The molecule has 8 rings (SSSR count). The molecule has 3 aromatic heterocycles. The summed E-state index contributed by atoms with van der Waals surface area (Å²) in [5.41, 5.74) is 15.6. The minimum Gasteiger partial charge on any atom is 0 e. The first-order valence-electron chi connectivity index (χ1n) is 22.2. The van der Waals surface area contributed by atoms with Crippen molar-refractivity contribution >= 4 is 35.3 Å². The number of hydrogen-bond acceptors (Lipinski definition) is 4. The molecule has 8 aromatic rings. The minimum absolute atomic E-state index is 0. The van der Waals surface area contributed by atoms with Crippen LogP contribution < -0.4 is 0 Å². The number of para-hydroxylation sites is 1. The minimum atomic E-state index is -0.323. The summed E-state index contributed by atoms with van der Waals surface area (Å²) >= 11 is 0.0997. The summed E-state index contributed by atoms with van der Waals surface area (Å²) < 4.78 is 3.50. The van der Waals surface area contributed by atoms with Gasteiger partial charge in [-0.05, 0) is 21.8 Å². The van der Waals surface area contributed by atoms with Crippen LogP contribution in [0.4, 0.5) is 0 Å². The molecular weight excluding hydrogens is 1030 g/mol. The standard InChI is InChI=1S/C57H63N4OSe.Pt/c1-53(2,3)37-24-25-45(41(29-37)34-20-17-16-18-21-34)61-46-23-19-22-40(48(46)60-52(61)42-30-39(55(7,8)9)31-43(50(42)62)56(10,11)12)35-26-36(28-38(27-35)54(4,5)6)47-51-49(59-33-58-47)44(32-63-51)57(13,14)15;/h16-25,27-33,62H,1-15H3;/q-1;. The monoisotopic (exact) mass is 1090 g/mol. The number of nitrogens with zero attached hydrogens (tertiary/aromatic N) is 4. The second kappa shape index (κ2) is 16.7. The van der Waals surface area contributed by atoms with Crippen LogP contribution in [-0.4, -0.2) is 39.1 Å². The smallest absolute Gasteiger partial charge is 0 e. The third-order valence-corrected chi connectivity index (χ3v) is 14.4. The number of imidazole rings is 1. The summed E-state index contributed by atoms with van der Waals surface area (Å²) in [6.45, 7) is 33.6. The van der Waals surface area contributed by atoms with Gasteiger partial charge in [0, 0.05) is 21.1 Å². The zero-order valence-electron chi connectivity index (χ0n) is 40.3. The number of fused-ring (bicyclic) bond motifs is 2. The van der Waals surface area contributed by atoms with Gasteiger partial charge in [-0.3, -0.25) is 0 Å². The fraction of sp³-hybridized carbons (Fsp3) is 0.351. The van der Waals surface area contributed by atoms with E-state index >= 15 is 0 Å². The van der Waals surface area contributed by atoms with Crippen LogP contribution in [0, 0.1) is 6.07 Å². The molecular formula is C57H63N4OPtSe-. The first-order chi connectivity index (χ1) is 29.3. The van der Waals surface area contributed by atoms with Crippen LogP contribution in [0.15, 0.2) is 102 Å². The summed E-state index contributed by atoms with van der Waals surface area (Å²) in [5, 5.41) is 12.5. The van der Waals surface area contributed by atoms with E-state index in [4.69, 9.17) is 15.0 Å². The van der Waals surface area contributed by atoms with Crippen molar-refractivity contribution in [2.45, 2.75) is 131 Å². The predicted molar refractivity (Wildman–Crippen MR) is 267 cm³/mol. The molecule has 0 aliphatic carbocycles. The van der Waals surface area contributed by atoms with Gasteiger partial charge in [0.2, 0.25) is 0 Å². The third kappa shape index (κ3) is 8.88. The van der Waals surface area contributed by atoms with Gasteiger partial charge in [0.1, 0.15) is 0 Å². The number of aromatic hydroxyl groups is 1. The number of rotatable bonds is 5. The molecule has 5 aromatic carbocycles. The molecule has 0 unspecified atom stereocenters. The average Bonchev–Trinajstić information content (AvgIpc) is 3.82. The van der Waals surface area contributed by atoms with Crippen molar-refractivity contribution in [1.82, 2.24) is 19.5 Å². The van der Waals surface area contributed by atoms with Crippen molar-refractivity contribution in [3.63, 3.8) is 0 Å². The molecule has 7 heteroatoms. The summed E-state index contributed by atoms with van der Waals surface area (Å²) in [6, 6.07) is 36.8. The van der Waals surface area contributed by atoms with Crippen molar-refractivity contribution < 1.29 is 26.2 Å². The second-order valence-electron chi connectivity index (χ2n) is 22.5. The molecule has 0 saturated heterocycles. The van der Waals surface area contributed by atoms with Crippen molar-refractivity contribution in [3.8, 4) is 56.3 Å². The topological polar surface area (TPSA) is 63.8 Å². The first kappa shape index (κ1) is 47.4. The van der Waals surface area contributed by atoms with Crippen LogP contribution in [0.25, 0.3) is 71.4 Å². The van der Waals surface area contributed by atoms with E-state index in [0.717, 1.165) is 66.9 Å². The van der Waals surface area contributed by atoms with Gasteiger partial charge >= 0.3 is 263 Å². The molecule has 334 valence electrons. The van der Waals surface area contributed by atoms with E-state index in [1.165, 1.54) is 21.0 Å². The van der Waals surface area contributed by atoms with Crippen LogP contribution in [-0.2, 0) is 48.1 Å². The Kier molecular flexibility index (Phi) is 12.3. The van der Waals surface area contributed by atoms with Crippen molar-refractivity contribution in [2.75, 3.05) is 0 Å². The van der Waals surface area contributed by atoms with E-state index < -0.39 is 0 Å². The molecule has 0 fully saturated rings. The molecule has 0 radical (unpaired) electrons. The van der Waals surface area contributed by atoms with Gasteiger partial charge in [0.15, 0.2) is 0 Å². The van der Waals surface area contributed by atoms with E-state index in [2.05, 4.69) is 210 Å². The Labute approximate surface area is 401 Å². The Balaban J connectivity index is 0.00000612. The Hall–Kier alpha value is -4.60. The number of hydrogen-bond donors (Lipinski definition) is 1. The molecule has 0 saturated carbocycles. The van der Waals surface area contributed by atoms with Gasteiger partial charge in [-0.25, -0.2) is 0 Å². The van der Waals surface area contributed by atoms with Gasteiger partial charge in [-0.15, -0.1) is 0 Å². The molecule has 64 heavy (non-hydrogen) atoms. The fourth-order valence-corrected chi connectivity index (χ4v) is 11.1. The maximum Gasteiger partial charge on any atom is 0 e. The number of phenolic OH excluding ortho intramolecular Hbond substituents is 1. The normalized spacial score (nSPS) is 12.9. The van der Waals surface area contributed by atoms with Crippen molar-refractivity contribution in [3.05, 3.63) is 136 Å². The van der Waals surface area contributed by atoms with Crippen LogP contribution >= 0.6 is 0 Å². The van der Waals surface area contributed by atoms with E-state index in [-0.39, 0.29) is 68.4 Å². The van der Waals surface area contributed by atoms with Gasteiger partial charge in [0.25, 0.3) is 0 Å². The zero-order chi connectivity index (χ0) is 45.6. The molecule has 0 bridgehead atoms. The summed E-state index contributed by atoms with van der Waals surface area (Å²) in [5.74, 6) is 0.948. The number of phenols is 1. The van der Waals surface area contributed by atoms with E-state index in [1.54, 1.807) is 6.33 Å². The number of aromatic nitrogens is 4. The largest absolute Gasteiger partial charge is 0 e. The maximum absolute atomic E-state index is 12.5. The second-order valence-corrected chi connectivity index (χ2v) is 24.3. The van der Waals surface area contributed by atoms with Crippen LogP contribution in [0.5, 0.6) is 5.75 Å². The van der Waals surface area contributed by atoms with Gasteiger partial charge in [0.05, 0.1) is 0 Å². The predicted octanol–water partition coefficient (Wildman–Crippen LogP) is 14.7. The summed E-state index contributed by atoms with van der Waals surface area (Å²) in [6.07, 6.45) is 1.72.